The van der Waals surface area contributed by atoms with Gasteiger partial charge in [0.15, 0.2) is 0 Å². The van der Waals surface area contributed by atoms with Crippen LogP contribution in [0.3, 0.4) is 0 Å². The van der Waals surface area contributed by atoms with E-state index in [-0.39, 0.29) is 5.82 Å². The van der Waals surface area contributed by atoms with Crippen molar-refractivity contribution >= 4 is 0 Å². The summed E-state index contributed by atoms with van der Waals surface area (Å²) in [7, 11) is 2.19. The third kappa shape index (κ3) is 2.98. The smallest absolute Gasteiger partial charge is 0.126 e. The summed E-state index contributed by atoms with van der Waals surface area (Å²) in [5.41, 5.74) is 0.904. The highest BCUT2D eigenvalue weighted by Crippen LogP contribution is 2.38. The number of nitrogens with one attached hydrogen (secondary N) is 1. The Kier molecular flexibility index (Phi) is 3.85. The summed E-state index contributed by atoms with van der Waals surface area (Å²) in [4.78, 5) is 2.40. The number of nitrogens with zero attached hydrogens (tertiary/aromatic N) is 1. The van der Waals surface area contributed by atoms with Crippen LogP contribution in [-0.4, -0.2) is 37.1 Å². The molecule has 1 saturated heterocycles. The zero-order chi connectivity index (χ0) is 13.2. The van der Waals surface area contributed by atoms with E-state index in [1.165, 1.54) is 19.4 Å². The molecule has 1 unspecified atom stereocenters. The van der Waals surface area contributed by atoms with Crippen molar-refractivity contribution in [2.45, 2.75) is 43.7 Å². The zero-order valence-electron chi connectivity index (χ0n) is 11.6. The summed E-state index contributed by atoms with van der Waals surface area (Å²) in [5.74, 6) is 0.378. The number of likely N-dealkylation sites (N-methyl/N-ethyl adjacent to an activating group) is 1. The van der Waals surface area contributed by atoms with Gasteiger partial charge >= 0.3 is 0 Å². The number of hydrogen-bond acceptors (Lipinski definition) is 2. The molecule has 1 heterocycles. The van der Waals surface area contributed by atoms with Crippen molar-refractivity contribution in [1.29, 1.82) is 0 Å². The molecule has 19 heavy (non-hydrogen) atoms. The van der Waals surface area contributed by atoms with Crippen LogP contribution in [0.1, 0.15) is 37.2 Å². The van der Waals surface area contributed by atoms with Gasteiger partial charge in [0.05, 0.1) is 0 Å². The van der Waals surface area contributed by atoms with Crippen LogP contribution in [0.15, 0.2) is 24.3 Å². The fraction of sp³-hybridized carbons (Fsp3) is 0.625. The van der Waals surface area contributed by atoms with Gasteiger partial charge in [0.25, 0.3) is 0 Å². The first-order valence-corrected chi connectivity index (χ1v) is 7.41. The number of hydrogen-bond donors (Lipinski definition) is 1. The summed E-state index contributed by atoms with van der Waals surface area (Å²) < 4.78 is 13.7. The van der Waals surface area contributed by atoms with Crippen LogP contribution in [0.4, 0.5) is 4.39 Å². The molecule has 0 bridgehead atoms. The molecule has 2 fully saturated rings. The summed E-state index contributed by atoms with van der Waals surface area (Å²) in [6, 6.07) is 8.43. The quantitative estimate of drug-likeness (QED) is 0.901. The molecule has 0 radical (unpaired) electrons. The Bertz CT molecular complexity index is 429. The highest BCUT2D eigenvalue weighted by molar-refractivity contribution is 5.24. The van der Waals surface area contributed by atoms with E-state index in [1.54, 1.807) is 12.1 Å². The van der Waals surface area contributed by atoms with Crippen LogP contribution >= 0.6 is 0 Å². The minimum absolute atomic E-state index is 0.0386. The first-order valence-electron chi connectivity index (χ1n) is 7.41. The van der Waals surface area contributed by atoms with E-state index >= 15 is 0 Å². The minimum Gasteiger partial charge on any atom is -0.310 e. The Morgan fingerprint density at radius 1 is 1.21 bits per heavy atom. The van der Waals surface area contributed by atoms with Gasteiger partial charge in [0.1, 0.15) is 5.82 Å². The molecule has 1 atom stereocenters. The summed E-state index contributed by atoms with van der Waals surface area (Å²) in [5, 5.41) is 3.74. The largest absolute Gasteiger partial charge is 0.310 e. The number of likely N-dealkylation sites (tertiary alicyclic amines) is 1. The normalized spacial score (nSPS) is 32.0. The molecule has 0 aromatic heterocycles. The Morgan fingerprint density at radius 2 is 2.00 bits per heavy atom. The van der Waals surface area contributed by atoms with Gasteiger partial charge in [-0.1, -0.05) is 18.2 Å². The first-order chi connectivity index (χ1) is 9.22. The SMILES string of the molecule is CN1CCCC(NC2CC(c3ccccc3F)C2)C1. The van der Waals surface area contributed by atoms with Crippen LogP contribution in [0.25, 0.3) is 0 Å². The monoisotopic (exact) mass is 262 g/mol. The lowest BCUT2D eigenvalue weighted by Crippen LogP contribution is -2.51. The summed E-state index contributed by atoms with van der Waals surface area (Å²) in [6.07, 6.45) is 4.74. The molecule has 104 valence electrons. The average Bonchev–Trinajstić information content (AvgIpc) is 2.35. The van der Waals surface area contributed by atoms with E-state index in [0.717, 1.165) is 24.9 Å². The van der Waals surface area contributed by atoms with Gasteiger partial charge in [-0.05, 0) is 56.8 Å². The second-order valence-corrected chi connectivity index (χ2v) is 6.15. The van der Waals surface area contributed by atoms with Crippen molar-refractivity contribution in [2.24, 2.45) is 0 Å². The zero-order valence-corrected chi connectivity index (χ0v) is 11.6. The predicted octanol–water partition coefficient (Wildman–Crippen LogP) is 2.76. The summed E-state index contributed by atoms with van der Waals surface area (Å²) >= 11 is 0. The van der Waals surface area contributed by atoms with E-state index in [1.807, 2.05) is 12.1 Å². The molecule has 1 saturated carbocycles. The average molecular weight is 262 g/mol. The van der Waals surface area contributed by atoms with Gasteiger partial charge in [-0.2, -0.15) is 0 Å². The molecule has 2 aliphatic rings. The third-order valence-corrected chi connectivity index (χ3v) is 4.58. The molecule has 1 aromatic rings. The Hall–Kier alpha value is -0.930. The maximum atomic E-state index is 13.7. The van der Waals surface area contributed by atoms with Crippen molar-refractivity contribution < 1.29 is 4.39 Å². The predicted molar refractivity (Wildman–Crippen MR) is 75.8 cm³/mol. The van der Waals surface area contributed by atoms with Crippen LogP contribution in [-0.2, 0) is 0 Å². The van der Waals surface area contributed by atoms with E-state index in [0.29, 0.717) is 18.0 Å². The Morgan fingerprint density at radius 3 is 2.74 bits per heavy atom. The van der Waals surface area contributed by atoms with E-state index < -0.39 is 0 Å². The highest BCUT2D eigenvalue weighted by Gasteiger charge is 2.33. The lowest BCUT2D eigenvalue weighted by Gasteiger charge is -2.41. The van der Waals surface area contributed by atoms with Crippen molar-refractivity contribution in [3.05, 3.63) is 35.6 Å². The third-order valence-electron chi connectivity index (χ3n) is 4.58. The van der Waals surface area contributed by atoms with Crippen molar-refractivity contribution in [2.75, 3.05) is 20.1 Å². The fourth-order valence-electron chi connectivity index (χ4n) is 3.45. The molecule has 1 aromatic carbocycles. The maximum Gasteiger partial charge on any atom is 0.126 e. The van der Waals surface area contributed by atoms with Crippen LogP contribution < -0.4 is 5.32 Å². The van der Waals surface area contributed by atoms with Crippen LogP contribution in [0.2, 0.25) is 0 Å². The van der Waals surface area contributed by atoms with Gasteiger partial charge in [-0.25, -0.2) is 4.39 Å². The molecular formula is C16H23FN2. The lowest BCUT2D eigenvalue weighted by atomic mass is 9.75. The number of piperidine rings is 1. The molecule has 1 aliphatic heterocycles. The minimum atomic E-state index is -0.0386. The van der Waals surface area contributed by atoms with Crippen LogP contribution in [0.5, 0.6) is 0 Å². The molecule has 2 nitrogen and oxygen atoms in total. The topological polar surface area (TPSA) is 15.3 Å². The van der Waals surface area contributed by atoms with E-state index in [4.69, 9.17) is 0 Å². The van der Waals surface area contributed by atoms with E-state index in [9.17, 15) is 4.39 Å². The van der Waals surface area contributed by atoms with Crippen molar-refractivity contribution in [3.63, 3.8) is 0 Å². The molecule has 0 spiro atoms. The van der Waals surface area contributed by atoms with Gasteiger partial charge < -0.3 is 10.2 Å². The second-order valence-electron chi connectivity index (χ2n) is 6.15. The lowest BCUT2D eigenvalue weighted by molar-refractivity contribution is 0.184. The van der Waals surface area contributed by atoms with Gasteiger partial charge in [-0.3, -0.25) is 0 Å². The molecule has 0 amide bonds. The Balaban J connectivity index is 1.49. The van der Waals surface area contributed by atoms with E-state index in [2.05, 4.69) is 17.3 Å². The highest BCUT2D eigenvalue weighted by atomic mass is 19.1. The van der Waals surface area contributed by atoms with Crippen molar-refractivity contribution in [1.82, 2.24) is 10.2 Å². The van der Waals surface area contributed by atoms with Gasteiger partial charge in [-0.15, -0.1) is 0 Å². The molecule has 1 N–H and O–H groups in total. The molecule has 3 rings (SSSR count). The van der Waals surface area contributed by atoms with Crippen LogP contribution in [0, 0.1) is 5.82 Å². The summed E-state index contributed by atoms with van der Waals surface area (Å²) in [6.45, 7) is 2.38. The molecule has 3 heteroatoms. The Labute approximate surface area is 115 Å². The number of rotatable bonds is 3. The first kappa shape index (κ1) is 13.1. The fourth-order valence-corrected chi connectivity index (χ4v) is 3.45. The molecular weight excluding hydrogens is 239 g/mol. The maximum absolute atomic E-state index is 13.7. The standard InChI is InChI=1S/C16H23FN2/c1-19-8-4-5-13(11-19)18-14-9-12(10-14)15-6-2-3-7-16(15)17/h2-3,6-7,12-14,18H,4-5,8-11H2,1H3. The second kappa shape index (κ2) is 5.59. The van der Waals surface area contributed by atoms with Crippen molar-refractivity contribution in [3.8, 4) is 0 Å². The molecule has 1 aliphatic carbocycles. The van der Waals surface area contributed by atoms with Gasteiger partial charge in [0.2, 0.25) is 0 Å². The number of halogens is 1. The number of benzene rings is 1. The van der Waals surface area contributed by atoms with Gasteiger partial charge in [0, 0.05) is 18.6 Å².